The number of para-hydroxylation sites is 1. The van der Waals surface area contributed by atoms with E-state index in [1.54, 1.807) is 7.11 Å². The van der Waals surface area contributed by atoms with Gasteiger partial charge in [-0.05, 0) is 31.9 Å². The smallest absolute Gasteiger partial charge is 0.124 e. The summed E-state index contributed by atoms with van der Waals surface area (Å²) >= 11 is 0. The van der Waals surface area contributed by atoms with Gasteiger partial charge in [0.15, 0.2) is 0 Å². The van der Waals surface area contributed by atoms with Gasteiger partial charge in [0.1, 0.15) is 5.75 Å². The maximum Gasteiger partial charge on any atom is 0.124 e. The van der Waals surface area contributed by atoms with E-state index in [4.69, 9.17) is 9.47 Å². The van der Waals surface area contributed by atoms with Gasteiger partial charge in [-0.25, -0.2) is 0 Å². The summed E-state index contributed by atoms with van der Waals surface area (Å²) in [5, 5.41) is 3.54. The summed E-state index contributed by atoms with van der Waals surface area (Å²) in [7, 11) is 1.70. The maximum atomic E-state index is 5.74. The van der Waals surface area contributed by atoms with Crippen molar-refractivity contribution in [2.24, 2.45) is 0 Å². The average molecular weight is 286 g/mol. The SMILES string of the molecule is COc1ccccc1COCCC1CCCCN1.Cl. The lowest BCUT2D eigenvalue weighted by Crippen LogP contribution is -2.34. The van der Waals surface area contributed by atoms with Gasteiger partial charge in [-0.15, -0.1) is 12.4 Å². The van der Waals surface area contributed by atoms with Crippen molar-refractivity contribution in [3.63, 3.8) is 0 Å². The zero-order valence-electron chi connectivity index (χ0n) is 11.6. The van der Waals surface area contributed by atoms with Crippen LogP contribution in [-0.4, -0.2) is 26.3 Å². The van der Waals surface area contributed by atoms with E-state index in [0.29, 0.717) is 12.6 Å². The van der Waals surface area contributed by atoms with Gasteiger partial charge >= 0.3 is 0 Å². The standard InChI is InChI=1S/C15H23NO2.ClH/c1-17-15-8-3-2-6-13(15)12-18-11-9-14-7-4-5-10-16-14;/h2-3,6,8,14,16H,4-5,7,9-12H2,1H3;1H. The third-order valence-electron chi connectivity index (χ3n) is 3.47. The van der Waals surface area contributed by atoms with Crippen molar-refractivity contribution in [2.45, 2.75) is 38.3 Å². The van der Waals surface area contributed by atoms with Gasteiger partial charge in [-0.3, -0.25) is 0 Å². The number of rotatable bonds is 6. The Morgan fingerprint density at radius 1 is 1.26 bits per heavy atom. The van der Waals surface area contributed by atoms with Crippen LogP contribution in [0.3, 0.4) is 0 Å². The van der Waals surface area contributed by atoms with Crippen LogP contribution >= 0.6 is 12.4 Å². The highest BCUT2D eigenvalue weighted by atomic mass is 35.5. The molecule has 108 valence electrons. The molecule has 0 aliphatic carbocycles. The lowest BCUT2D eigenvalue weighted by atomic mass is 10.0. The predicted octanol–water partition coefficient (Wildman–Crippen LogP) is 3.17. The minimum Gasteiger partial charge on any atom is -0.496 e. The van der Waals surface area contributed by atoms with Gasteiger partial charge in [-0.2, -0.15) is 0 Å². The number of hydrogen-bond acceptors (Lipinski definition) is 3. The average Bonchev–Trinajstić information content (AvgIpc) is 2.45. The van der Waals surface area contributed by atoms with Crippen LogP contribution < -0.4 is 10.1 Å². The van der Waals surface area contributed by atoms with Crippen LogP contribution in [0.2, 0.25) is 0 Å². The molecule has 1 aromatic carbocycles. The van der Waals surface area contributed by atoms with Gasteiger partial charge in [-0.1, -0.05) is 24.6 Å². The summed E-state index contributed by atoms with van der Waals surface area (Å²) in [6.45, 7) is 2.61. The third-order valence-corrected chi connectivity index (χ3v) is 3.47. The molecule has 1 atom stereocenters. The van der Waals surface area contributed by atoms with Crippen molar-refractivity contribution in [1.29, 1.82) is 0 Å². The number of halogens is 1. The Morgan fingerprint density at radius 3 is 2.84 bits per heavy atom. The molecule has 1 N–H and O–H groups in total. The first-order valence-corrected chi connectivity index (χ1v) is 6.83. The van der Waals surface area contributed by atoms with E-state index in [2.05, 4.69) is 11.4 Å². The van der Waals surface area contributed by atoms with Crippen LogP contribution in [0.1, 0.15) is 31.2 Å². The Labute approximate surface area is 122 Å². The minimum atomic E-state index is 0. The van der Waals surface area contributed by atoms with Crippen LogP contribution in [-0.2, 0) is 11.3 Å². The fraction of sp³-hybridized carbons (Fsp3) is 0.600. The fourth-order valence-corrected chi connectivity index (χ4v) is 2.40. The number of methoxy groups -OCH3 is 1. The van der Waals surface area contributed by atoms with Crippen molar-refractivity contribution < 1.29 is 9.47 Å². The van der Waals surface area contributed by atoms with E-state index < -0.39 is 0 Å². The first kappa shape index (κ1) is 16.3. The first-order valence-electron chi connectivity index (χ1n) is 6.83. The summed E-state index contributed by atoms with van der Waals surface area (Å²) in [4.78, 5) is 0. The molecule has 1 heterocycles. The molecule has 0 aromatic heterocycles. The van der Waals surface area contributed by atoms with Crippen LogP contribution in [0, 0.1) is 0 Å². The van der Waals surface area contributed by atoms with Crippen molar-refractivity contribution in [2.75, 3.05) is 20.3 Å². The first-order chi connectivity index (χ1) is 8.90. The third kappa shape index (κ3) is 5.39. The van der Waals surface area contributed by atoms with Gasteiger partial charge in [0.25, 0.3) is 0 Å². The second-order valence-electron chi connectivity index (χ2n) is 4.80. The fourth-order valence-electron chi connectivity index (χ4n) is 2.40. The van der Waals surface area contributed by atoms with Crippen molar-refractivity contribution in [1.82, 2.24) is 5.32 Å². The predicted molar refractivity (Wildman–Crippen MR) is 80.2 cm³/mol. The molecule has 1 fully saturated rings. The molecule has 19 heavy (non-hydrogen) atoms. The molecule has 0 bridgehead atoms. The van der Waals surface area contributed by atoms with Crippen LogP contribution in [0.5, 0.6) is 5.75 Å². The number of hydrogen-bond donors (Lipinski definition) is 1. The molecule has 1 aliphatic rings. The molecular formula is C15H24ClNO2. The highest BCUT2D eigenvalue weighted by Crippen LogP contribution is 2.18. The normalized spacial score (nSPS) is 18.7. The van der Waals surface area contributed by atoms with E-state index >= 15 is 0 Å². The van der Waals surface area contributed by atoms with E-state index in [9.17, 15) is 0 Å². The molecule has 1 saturated heterocycles. The monoisotopic (exact) mass is 285 g/mol. The zero-order valence-corrected chi connectivity index (χ0v) is 12.4. The Hall–Kier alpha value is -0.770. The van der Waals surface area contributed by atoms with Gasteiger partial charge in [0.2, 0.25) is 0 Å². The number of piperidine rings is 1. The summed E-state index contributed by atoms with van der Waals surface area (Å²) < 4.78 is 11.0. The molecule has 0 radical (unpaired) electrons. The molecular weight excluding hydrogens is 262 g/mol. The Balaban J connectivity index is 0.00000180. The molecule has 3 nitrogen and oxygen atoms in total. The lowest BCUT2D eigenvalue weighted by molar-refractivity contribution is 0.107. The molecule has 0 amide bonds. The zero-order chi connectivity index (χ0) is 12.6. The molecule has 0 spiro atoms. The highest BCUT2D eigenvalue weighted by molar-refractivity contribution is 5.85. The largest absolute Gasteiger partial charge is 0.496 e. The van der Waals surface area contributed by atoms with Gasteiger partial charge in [0, 0.05) is 18.2 Å². The Bertz CT molecular complexity index is 354. The topological polar surface area (TPSA) is 30.5 Å². The molecule has 4 heteroatoms. The molecule has 2 rings (SSSR count). The van der Waals surface area contributed by atoms with Crippen molar-refractivity contribution >= 4 is 12.4 Å². The van der Waals surface area contributed by atoms with Gasteiger partial charge < -0.3 is 14.8 Å². The van der Waals surface area contributed by atoms with Gasteiger partial charge in [0.05, 0.1) is 13.7 Å². The maximum absolute atomic E-state index is 5.74. The van der Waals surface area contributed by atoms with Crippen LogP contribution in [0.25, 0.3) is 0 Å². The highest BCUT2D eigenvalue weighted by Gasteiger charge is 2.11. The minimum absolute atomic E-state index is 0. The molecule has 1 unspecified atom stereocenters. The second-order valence-corrected chi connectivity index (χ2v) is 4.80. The van der Waals surface area contributed by atoms with E-state index in [1.807, 2.05) is 18.2 Å². The molecule has 0 saturated carbocycles. The number of ether oxygens (including phenoxy) is 2. The summed E-state index contributed by atoms with van der Waals surface area (Å²) in [6, 6.07) is 8.67. The number of benzene rings is 1. The van der Waals surface area contributed by atoms with E-state index in [0.717, 1.165) is 30.9 Å². The van der Waals surface area contributed by atoms with Crippen molar-refractivity contribution in [3.05, 3.63) is 29.8 Å². The molecule has 1 aromatic rings. The number of nitrogens with one attached hydrogen (secondary N) is 1. The Morgan fingerprint density at radius 2 is 2.11 bits per heavy atom. The summed E-state index contributed by atoms with van der Waals surface area (Å²) in [6.07, 6.45) is 5.07. The quantitative estimate of drug-likeness (QED) is 0.815. The van der Waals surface area contributed by atoms with Crippen LogP contribution in [0.15, 0.2) is 24.3 Å². The summed E-state index contributed by atoms with van der Waals surface area (Å²) in [5.41, 5.74) is 1.12. The Kier molecular flexibility index (Phi) is 7.87. The second kappa shape index (κ2) is 9.18. The van der Waals surface area contributed by atoms with E-state index in [-0.39, 0.29) is 12.4 Å². The summed E-state index contributed by atoms with van der Waals surface area (Å²) in [5.74, 6) is 0.910. The van der Waals surface area contributed by atoms with Crippen LogP contribution in [0.4, 0.5) is 0 Å². The van der Waals surface area contributed by atoms with Crippen molar-refractivity contribution in [3.8, 4) is 5.75 Å². The lowest BCUT2D eigenvalue weighted by Gasteiger charge is -2.23. The molecule has 1 aliphatic heterocycles. The van der Waals surface area contributed by atoms with E-state index in [1.165, 1.54) is 19.3 Å².